The number of para-hydroxylation sites is 2. The predicted octanol–water partition coefficient (Wildman–Crippen LogP) is 3.76. The molecule has 0 aliphatic heterocycles. The van der Waals surface area contributed by atoms with Crippen LogP contribution >= 0.6 is 0 Å². The van der Waals surface area contributed by atoms with E-state index in [1.807, 2.05) is 97.9 Å². The molecule has 2 N–H and O–H groups in total. The van der Waals surface area contributed by atoms with Gasteiger partial charge in [0, 0.05) is 5.56 Å². The Hall–Kier alpha value is -5.05. The molecule has 5 rings (SSSR count). The lowest BCUT2D eigenvalue weighted by Gasteiger charge is -2.08. The molecule has 0 atom stereocenters. The minimum Gasteiger partial charge on any atom is -0.267 e. The molecular formula is C27H23N7O2. The first-order chi connectivity index (χ1) is 17.7. The van der Waals surface area contributed by atoms with Gasteiger partial charge in [-0.3, -0.25) is 20.4 Å². The number of hydrogen-bond acceptors (Lipinski definition) is 5. The second kappa shape index (κ2) is 10.1. The smallest absolute Gasteiger partial charge is 0.267 e. The standard InChI is InChI=1S/C27H23N7O2/c1-2-23-22(18-28-33(23)20-14-8-4-9-15-20)26(35)30-31-27(36)24-29-25(19-12-6-3-7-13-19)34(32-24)21-16-10-5-11-17-21/h3-18H,2H2,1H3,(H,30,35)(H,31,36). The van der Waals surface area contributed by atoms with Gasteiger partial charge in [0.1, 0.15) is 0 Å². The van der Waals surface area contributed by atoms with Crippen molar-refractivity contribution >= 4 is 11.8 Å². The number of carbonyl (C=O) groups is 2. The molecule has 0 spiro atoms. The first-order valence-corrected chi connectivity index (χ1v) is 11.5. The van der Waals surface area contributed by atoms with Crippen LogP contribution in [0.1, 0.15) is 33.6 Å². The fraction of sp³-hybridized carbons (Fsp3) is 0.0741. The maximum absolute atomic E-state index is 12.9. The number of rotatable bonds is 6. The maximum atomic E-state index is 12.9. The lowest BCUT2D eigenvalue weighted by Crippen LogP contribution is -2.42. The molecule has 2 aromatic heterocycles. The van der Waals surface area contributed by atoms with Crippen LogP contribution in [0.4, 0.5) is 0 Å². The zero-order valence-electron chi connectivity index (χ0n) is 19.5. The van der Waals surface area contributed by atoms with E-state index in [0.29, 0.717) is 17.8 Å². The first kappa shape index (κ1) is 22.7. The minimum absolute atomic E-state index is 0.0753. The van der Waals surface area contributed by atoms with E-state index in [9.17, 15) is 9.59 Å². The van der Waals surface area contributed by atoms with Crippen molar-refractivity contribution in [3.05, 3.63) is 114 Å². The molecule has 0 bridgehead atoms. The number of hydrogen-bond donors (Lipinski definition) is 2. The summed E-state index contributed by atoms with van der Waals surface area (Å²) in [5, 5.41) is 8.77. The van der Waals surface area contributed by atoms with Gasteiger partial charge in [-0.25, -0.2) is 14.3 Å². The Morgan fingerprint density at radius 1 is 0.750 bits per heavy atom. The van der Waals surface area contributed by atoms with Crippen molar-refractivity contribution in [2.45, 2.75) is 13.3 Å². The van der Waals surface area contributed by atoms with E-state index in [1.54, 1.807) is 9.36 Å². The van der Waals surface area contributed by atoms with E-state index in [4.69, 9.17) is 0 Å². The van der Waals surface area contributed by atoms with Crippen LogP contribution in [0.3, 0.4) is 0 Å². The van der Waals surface area contributed by atoms with E-state index in [0.717, 1.165) is 22.6 Å². The van der Waals surface area contributed by atoms with E-state index in [1.165, 1.54) is 6.20 Å². The van der Waals surface area contributed by atoms with Crippen LogP contribution in [0.25, 0.3) is 22.8 Å². The maximum Gasteiger partial charge on any atom is 0.309 e. The average molecular weight is 478 g/mol. The van der Waals surface area contributed by atoms with Crippen molar-refractivity contribution in [3.8, 4) is 22.8 Å². The topological polar surface area (TPSA) is 107 Å². The van der Waals surface area contributed by atoms with Crippen molar-refractivity contribution in [1.29, 1.82) is 0 Å². The fourth-order valence-electron chi connectivity index (χ4n) is 3.86. The van der Waals surface area contributed by atoms with E-state index < -0.39 is 11.8 Å². The zero-order chi connectivity index (χ0) is 24.9. The van der Waals surface area contributed by atoms with Crippen molar-refractivity contribution in [1.82, 2.24) is 35.4 Å². The molecule has 2 heterocycles. The average Bonchev–Trinajstić information content (AvgIpc) is 3.58. The quantitative estimate of drug-likeness (QED) is 0.362. The minimum atomic E-state index is -0.635. The second-order valence-electron chi connectivity index (χ2n) is 7.89. The van der Waals surface area contributed by atoms with Crippen LogP contribution in [0.2, 0.25) is 0 Å². The van der Waals surface area contributed by atoms with Gasteiger partial charge in [0.05, 0.1) is 28.8 Å². The second-order valence-corrected chi connectivity index (χ2v) is 7.89. The largest absolute Gasteiger partial charge is 0.309 e. The van der Waals surface area contributed by atoms with Crippen LogP contribution in [0.15, 0.2) is 97.2 Å². The number of nitrogens with zero attached hydrogens (tertiary/aromatic N) is 5. The lowest BCUT2D eigenvalue weighted by atomic mass is 10.2. The van der Waals surface area contributed by atoms with Gasteiger partial charge in [0.2, 0.25) is 5.82 Å². The molecule has 0 saturated heterocycles. The predicted molar refractivity (Wildman–Crippen MR) is 135 cm³/mol. The Balaban J connectivity index is 1.37. The molecule has 9 heteroatoms. The number of nitrogens with one attached hydrogen (secondary N) is 2. The third-order valence-electron chi connectivity index (χ3n) is 5.58. The van der Waals surface area contributed by atoms with Gasteiger partial charge in [-0.1, -0.05) is 73.7 Å². The Kier molecular flexibility index (Phi) is 6.35. The van der Waals surface area contributed by atoms with Gasteiger partial charge < -0.3 is 0 Å². The summed E-state index contributed by atoms with van der Waals surface area (Å²) in [4.78, 5) is 30.3. The molecule has 3 aromatic carbocycles. The van der Waals surface area contributed by atoms with Crippen LogP contribution in [0.5, 0.6) is 0 Å². The van der Waals surface area contributed by atoms with Gasteiger partial charge in [-0.05, 0) is 30.7 Å². The summed E-state index contributed by atoms with van der Waals surface area (Å²) in [5.41, 5.74) is 8.40. The fourth-order valence-corrected chi connectivity index (χ4v) is 3.86. The molecule has 0 saturated carbocycles. The Morgan fingerprint density at radius 3 is 1.92 bits per heavy atom. The van der Waals surface area contributed by atoms with Crippen molar-refractivity contribution < 1.29 is 9.59 Å². The number of benzene rings is 3. The SMILES string of the molecule is CCc1c(C(=O)NNC(=O)c2nc(-c3ccccc3)n(-c3ccccc3)n2)cnn1-c1ccccc1. The Bertz CT molecular complexity index is 1440. The van der Waals surface area contributed by atoms with Gasteiger partial charge in [-0.2, -0.15) is 5.10 Å². The summed E-state index contributed by atoms with van der Waals surface area (Å²) < 4.78 is 3.32. The summed E-state index contributed by atoms with van der Waals surface area (Å²) in [7, 11) is 0. The molecule has 0 aliphatic rings. The monoisotopic (exact) mass is 477 g/mol. The van der Waals surface area contributed by atoms with Crippen LogP contribution < -0.4 is 10.9 Å². The van der Waals surface area contributed by atoms with E-state index in [2.05, 4.69) is 26.0 Å². The van der Waals surface area contributed by atoms with Gasteiger partial charge in [0.25, 0.3) is 5.91 Å². The van der Waals surface area contributed by atoms with Gasteiger partial charge in [0.15, 0.2) is 5.82 Å². The molecule has 178 valence electrons. The summed E-state index contributed by atoms with van der Waals surface area (Å²) in [6.07, 6.45) is 2.07. The molecule has 0 unspecified atom stereocenters. The number of aromatic nitrogens is 5. The molecule has 36 heavy (non-hydrogen) atoms. The zero-order valence-corrected chi connectivity index (χ0v) is 19.5. The van der Waals surface area contributed by atoms with Crippen LogP contribution in [-0.2, 0) is 6.42 Å². The van der Waals surface area contributed by atoms with E-state index in [-0.39, 0.29) is 5.82 Å². The molecule has 5 aromatic rings. The molecule has 0 aliphatic carbocycles. The van der Waals surface area contributed by atoms with Crippen molar-refractivity contribution in [2.24, 2.45) is 0 Å². The third kappa shape index (κ3) is 4.49. The summed E-state index contributed by atoms with van der Waals surface area (Å²) in [5.74, 6) is -0.679. The molecule has 0 radical (unpaired) electrons. The highest BCUT2D eigenvalue weighted by molar-refractivity contribution is 5.98. The van der Waals surface area contributed by atoms with Gasteiger partial charge in [-0.15, -0.1) is 5.10 Å². The van der Waals surface area contributed by atoms with Crippen molar-refractivity contribution in [3.63, 3.8) is 0 Å². The summed E-state index contributed by atoms with van der Waals surface area (Å²) in [6.45, 7) is 1.94. The molecule has 9 nitrogen and oxygen atoms in total. The molecule has 0 fully saturated rings. The van der Waals surface area contributed by atoms with Crippen molar-refractivity contribution in [2.75, 3.05) is 0 Å². The van der Waals surface area contributed by atoms with Crippen LogP contribution in [0, 0.1) is 0 Å². The highest BCUT2D eigenvalue weighted by Gasteiger charge is 2.21. The number of amides is 2. The first-order valence-electron chi connectivity index (χ1n) is 11.5. The highest BCUT2D eigenvalue weighted by atomic mass is 16.2. The Labute approximate surface area is 207 Å². The van der Waals surface area contributed by atoms with E-state index >= 15 is 0 Å². The number of carbonyl (C=O) groups excluding carboxylic acids is 2. The molecular weight excluding hydrogens is 454 g/mol. The summed E-state index contributed by atoms with van der Waals surface area (Å²) >= 11 is 0. The number of hydrazine groups is 1. The molecule has 2 amide bonds. The highest BCUT2D eigenvalue weighted by Crippen LogP contribution is 2.21. The normalized spacial score (nSPS) is 10.7. The Morgan fingerprint density at radius 2 is 1.31 bits per heavy atom. The lowest BCUT2D eigenvalue weighted by molar-refractivity contribution is 0.0840. The summed E-state index contributed by atoms with van der Waals surface area (Å²) in [6, 6.07) is 28.4. The third-order valence-corrected chi connectivity index (χ3v) is 5.58. The van der Waals surface area contributed by atoms with Gasteiger partial charge >= 0.3 is 5.91 Å². The van der Waals surface area contributed by atoms with Crippen LogP contribution in [-0.4, -0.2) is 36.4 Å².